The summed E-state index contributed by atoms with van der Waals surface area (Å²) in [5.41, 5.74) is -0.192. The molecule has 0 bridgehead atoms. The molecule has 1 rings (SSSR count). The molecule has 1 heterocycles. The molecule has 0 aliphatic heterocycles. The molecule has 19 heavy (non-hydrogen) atoms. The first kappa shape index (κ1) is 14.6. The summed E-state index contributed by atoms with van der Waals surface area (Å²) in [4.78, 5) is 17.1. The first-order valence-corrected chi connectivity index (χ1v) is 4.74. The SMILES string of the molecule is C=NC=C(C=C(C)C(=O)O)c1noc(C(F)(F)F)n1. The molecule has 0 radical (unpaired) electrons. The summed E-state index contributed by atoms with van der Waals surface area (Å²) in [6.07, 6.45) is -2.69. The van der Waals surface area contributed by atoms with Gasteiger partial charge in [-0.25, -0.2) is 4.79 Å². The van der Waals surface area contributed by atoms with E-state index in [0.717, 1.165) is 12.3 Å². The van der Waals surface area contributed by atoms with Gasteiger partial charge in [-0.3, -0.25) is 4.99 Å². The van der Waals surface area contributed by atoms with Gasteiger partial charge in [0.05, 0.1) is 0 Å². The van der Waals surface area contributed by atoms with Gasteiger partial charge in [-0.15, -0.1) is 0 Å². The van der Waals surface area contributed by atoms with Gasteiger partial charge in [0.2, 0.25) is 5.82 Å². The van der Waals surface area contributed by atoms with Crippen molar-refractivity contribution < 1.29 is 27.6 Å². The van der Waals surface area contributed by atoms with E-state index >= 15 is 0 Å². The second-order valence-electron chi connectivity index (χ2n) is 3.32. The molecule has 0 amide bonds. The van der Waals surface area contributed by atoms with Crippen molar-refractivity contribution in [3.63, 3.8) is 0 Å². The molecule has 0 spiro atoms. The van der Waals surface area contributed by atoms with Crippen LogP contribution in [-0.4, -0.2) is 27.9 Å². The summed E-state index contributed by atoms with van der Waals surface area (Å²) in [5.74, 6) is -3.20. The highest BCUT2D eigenvalue weighted by atomic mass is 19.4. The molecule has 0 fully saturated rings. The third-order valence-corrected chi connectivity index (χ3v) is 1.87. The van der Waals surface area contributed by atoms with Crippen LogP contribution in [0.15, 0.2) is 27.4 Å². The average Bonchev–Trinajstić information content (AvgIpc) is 2.76. The monoisotopic (exact) mass is 275 g/mol. The van der Waals surface area contributed by atoms with Crippen molar-refractivity contribution in [3.05, 3.63) is 29.6 Å². The highest BCUT2D eigenvalue weighted by Crippen LogP contribution is 2.28. The van der Waals surface area contributed by atoms with E-state index in [2.05, 4.69) is 26.4 Å². The zero-order valence-corrected chi connectivity index (χ0v) is 9.60. The molecule has 0 saturated heterocycles. The van der Waals surface area contributed by atoms with Crippen molar-refractivity contribution in [3.8, 4) is 0 Å². The van der Waals surface area contributed by atoms with Gasteiger partial charge in [0.25, 0.3) is 0 Å². The topological polar surface area (TPSA) is 88.6 Å². The van der Waals surface area contributed by atoms with Crippen LogP contribution < -0.4 is 0 Å². The summed E-state index contributed by atoms with van der Waals surface area (Å²) in [5, 5.41) is 11.8. The number of carbonyl (C=O) groups is 1. The number of hydrogen-bond acceptors (Lipinski definition) is 5. The van der Waals surface area contributed by atoms with Crippen LogP contribution in [0.1, 0.15) is 18.6 Å². The van der Waals surface area contributed by atoms with Gasteiger partial charge in [-0.1, -0.05) is 5.16 Å². The van der Waals surface area contributed by atoms with E-state index in [-0.39, 0.29) is 11.1 Å². The van der Waals surface area contributed by atoms with Crippen LogP contribution in [0.5, 0.6) is 0 Å². The molecular formula is C10H8F3N3O3. The first-order valence-electron chi connectivity index (χ1n) is 4.74. The lowest BCUT2D eigenvalue weighted by Gasteiger charge is -1.97. The molecule has 0 unspecified atom stereocenters. The summed E-state index contributed by atoms with van der Waals surface area (Å²) >= 11 is 0. The molecule has 0 aliphatic carbocycles. The van der Waals surface area contributed by atoms with E-state index < -0.39 is 23.9 Å². The zero-order valence-electron chi connectivity index (χ0n) is 9.60. The molecule has 102 valence electrons. The van der Waals surface area contributed by atoms with Crippen LogP contribution in [0.2, 0.25) is 0 Å². The van der Waals surface area contributed by atoms with Crippen LogP contribution in [0, 0.1) is 0 Å². The van der Waals surface area contributed by atoms with Gasteiger partial charge in [0.15, 0.2) is 0 Å². The quantitative estimate of drug-likeness (QED) is 0.516. The normalized spacial score (nSPS) is 13.5. The summed E-state index contributed by atoms with van der Waals surface area (Å²) in [7, 11) is 0. The van der Waals surface area contributed by atoms with E-state index in [1.54, 1.807) is 0 Å². The maximum Gasteiger partial charge on any atom is 0.471 e. The molecule has 0 atom stereocenters. The molecule has 9 heteroatoms. The number of carboxylic acid groups (broad SMARTS) is 1. The summed E-state index contributed by atoms with van der Waals surface area (Å²) in [6.45, 7) is 4.38. The Bertz CT molecular complexity index is 558. The second kappa shape index (κ2) is 5.46. The Morgan fingerprint density at radius 3 is 2.58 bits per heavy atom. The number of aromatic nitrogens is 2. The standard InChI is InChI=1S/C10H8F3N3O3/c1-5(8(17)18)3-6(4-14-2)7-15-9(19-16-7)10(11,12)13/h3-4H,2H2,1H3,(H,17,18). The lowest BCUT2D eigenvalue weighted by molar-refractivity contribution is -0.159. The number of alkyl halides is 3. The van der Waals surface area contributed by atoms with Crippen molar-refractivity contribution in [2.75, 3.05) is 0 Å². The van der Waals surface area contributed by atoms with Crippen molar-refractivity contribution in [1.82, 2.24) is 10.1 Å². The van der Waals surface area contributed by atoms with Gasteiger partial charge in [-0.05, 0) is 19.7 Å². The van der Waals surface area contributed by atoms with Crippen LogP contribution >= 0.6 is 0 Å². The van der Waals surface area contributed by atoms with Crippen LogP contribution in [0.4, 0.5) is 13.2 Å². The Balaban J connectivity index is 3.19. The van der Waals surface area contributed by atoms with Crippen molar-refractivity contribution in [1.29, 1.82) is 0 Å². The fourth-order valence-corrected chi connectivity index (χ4v) is 1.01. The molecule has 1 aromatic heterocycles. The molecule has 6 nitrogen and oxygen atoms in total. The maximum atomic E-state index is 12.3. The fourth-order valence-electron chi connectivity index (χ4n) is 1.01. The van der Waals surface area contributed by atoms with Crippen LogP contribution in [-0.2, 0) is 11.0 Å². The Kier molecular flexibility index (Phi) is 4.20. The van der Waals surface area contributed by atoms with Gasteiger partial charge < -0.3 is 9.63 Å². The maximum absolute atomic E-state index is 12.3. The highest BCUT2D eigenvalue weighted by Gasteiger charge is 2.38. The number of aliphatic carboxylic acids is 1. The Hall–Kier alpha value is -2.45. The number of rotatable bonds is 4. The fraction of sp³-hybridized carbons (Fsp3) is 0.200. The first-order chi connectivity index (χ1) is 8.75. The number of allylic oxidation sites excluding steroid dienone is 2. The molecular weight excluding hydrogens is 267 g/mol. The second-order valence-corrected chi connectivity index (χ2v) is 3.32. The minimum atomic E-state index is -4.77. The van der Waals surface area contributed by atoms with E-state index in [1.807, 2.05) is 0 Å². The van der Waals surface area contributed by atoms with Crippen LogP contribution in [0.25, 0.3) is 5.57 Å². The molecule has 0 saturated carbocycles. The van der Waals surface area contributed by atoms with E-state index in [0.29, 0.717) is 0 Å². The van der Waals surface area contributed by atoms with Crippen molar-refractivity contribution >= 4 is 18.3 Å². The number of hydrogen-bond donors (Lipinski definition) is 1. The predicted octanol–water partition coefficient (Wildman–Crippen LogP) is 2.16. The van der Waals surface area contributed by atoms with E-state index in [1.165, 1.54) is 6.92 Å². The zero-order chi connectivity index (χ0) is 14.6. The average molecular weight is 275 g/mol. The Morgan fingerprint density at radius 1 is 1.53 bits per heavy atom. The van der Waals surface area contributed by atoms with Gasteiger partial charge in [-0.2, -0.15) is 18.2 Å². The molecule has 0 aromatic carbocycles. The third kappa shape index (κ3) is 3.76. The van der Waals surface area contributed by atoms with Gasteiger partial charge in [0.1, 0.15) is 0 Å². The molecule has 1 N–H and O–H groups in total. The minimum Gasteiger partial charge on any atom is -0.478 e. The third-order valence-electron chi connectivity index (χ3n) is 1.87. The van der Waals surface area contributed by atoms with E-state index in [9.17, 15) is 18.0 Å². The minimum absolute atomic E-state index is 0.0610. The van der Waals surface area contributed by atoms with Crippen LogP contribution in [0.3, 0.4) is 0 Å². The number of aliphatic imine (C=N–C) groups is 1. The van der Waals surface area contributed by atoms with Gasteiger partial charge >= 0.3 is 18.0 Å². The molecule has 0 aliphatic rings. The Labute approximate surface area is 105 Å². The Morgan fingerprint density at radius 2 is 2.16 bits per heavy atom. The van der Waals surface area contributed by atoms with Gasteiger partial charge in [0, 0.05) is 17.3 Å². The van der Waals surface area contributed by atoms with E-state index in [4.69, 9.17) is 5.11 Å². The number of carboxylic acids is 1. The largest absolute Gasteiger partial charge is 0.478 e. The number of nitrogens with zero attached hydrogens (tertiary/aromatic N) is 3. The molecule has 1 aromatic rings. The number of halogens is 3. The summed E-state index contributed by atoms with van der Waals surface area (Å²) < 4.78 is 40.9. The predicted molar refractivity (Wildman–Crippen MR) is 58.2 cm³/mol. The smallest absolute Gasteiger partial charge is 0.471 e. The van der Waals surface area contributed by atoms with Crippen molar-refractivity contribution in [2.24, 2.45) is 4.99 Å². The summed E-state index contributed by atoms with van der Waals surface area (Å²) in [6, 6.07) is 0. The lowest BCUT2D eigenvalue weighted by Crippen LogP contribution is -2.05. The highest BCUT2D eigenvalue weighted by molar-refractivity contribution is 5.90. The lowest BCUT2D eigenvalue weighted by atomic mass is 10.2. The van der Waals surface area contributed by atoms with Crippen molar-refractivity contribution in [2.45, 2.75) is 13.1 Å².